The van der Waals surface area contributed by atoms with Crippen LogP contribution in [0.15, 0.2) is 24.3 Å². The summed E-state index contributed by atoms with van der Waals surface area (Å²) < 4.78 is 20.1. The molecule has 7 nitrogen and oxygen atoms in total. The highest BCUT2D eigenvalue weighted by atomic mass is 35.5. The summed E-state index contributed by atoms with van der Waals surface area (Å²) in [6, 6.07) is 7.33. The molecule has 0 aromatic heterocycles. The first-order chi connectivity index (χ1) is 11.1. The molecule has 1 atom stereocenters. The van der Waals surface area contributed by atoms with Crippen LogP contribution in [0.2, 0.25) is 0 Å². The number of hydrogen-bond acceptors (Lipinski definition) is 7. The third-order valence-electron chi connectivity index (χ3n) is 3.60. The monoisotopic (exact) mass is 359 g/mol. The second-order valence-corrected chi connectivity index (χ2v) is 5.10. The van der Waals surface area contributed by atoms with Gasteiger partial charge in [-0.3, -0.25) is 9.69 Å². The van der Waals surface area contributed by atoms with E-state index in [9.17, 15) is 9.59 Å². The molecule has 1 unspecified atom stereocenters. The van der Waals surface area contributed by atoms with Crippen molar-refractivity contribution in [2.75, 3.05) is 40.5 Å². The van der Waals surface area contributed by atoms with Crippen LogP contribution >= 0.6 is 12.4 Å². The Balaban J connectivity index is 0.00000288. The Morgan fingerprint density at radius 2 is 1.88 bits per heavy atom. The van der Waals surface area contributed by atoms with Crippen molar-refractivity contribution in [3.63, 3.8) is 0 Å². The van der Waals surface area contributed by atoms with Crippen LogP contribution in [0.1, 0.15) is 6.42 Å². The Bertz CT molecular complexity index is 536. The zero-order valence-corrected chi connectivity index (χ0v) is 14.5. The van der Waals surface area contributed by atoms with Crippen molar-refractivity contribution in [1.29, 1.82) is 0 Å². The molecule has 0 bridgehead atoms. The summed E-state index contributed by atoms with van der Waals surface area (Å²) >= 11 is 0. The second-order valence-electron chi connectivity index (χ2n) is 5.10. The van der Waals surface area contributed by atoms with Crippen LogP contribution in [0, 0.1) is 0 Å². The van der Waals surface area contributed by atoms with Gasteiger partial charge in [-0.05, 0) is 24.3 Å². The summed E-state index contributed by atoms with van der Waals surface area (Å²) in [4.78, 5) is 24.9. The van der Waals surface area contributed by atoms with Crippen molar-refractivity contribution >= 4 is 24.3 Å². The van der Waals surface area contributed by atoms with Crippen LogP contribution in [0.4, 0.5) is 4.79 Å². The van der Waals surface area contributed by atoms with Crippen molar-refractivity contribution in [2.24, 2.45) is 0 Å². The van der Waals surface area contributed by atoms with E-state index in [1.807, 2.05) is 29.2 Å². The standard InChI is InChI=1S/C16H21NO6.ClH/c1-20-12-3-5-13(6-4-12)22-10-9-17-8-7-14(18)15(11-17)23-16(19)21-2;/h3-6,15H,7-11H2,1-2H3;1H. The van der Waals surface area contributed by atoms with Gasteiger partial charge in [-0.2, -0.15) is 0 Å². The number of nitrogens with zero attached hydrogens (tertiary/aromatic N) is 1. The lowest BCUT2D eigenvalue weighted by Gasteiger charge is -2.30. The third kappa shape index (κ3) is 5.90. The predicted molar refractivity (Wildman–Crippen MR) is 89.1 cm³/mol. The Kier molecular flexibility index (Phi) is 8.35. The van der Waals surface area contributed by atoms with Gasteiger partial charge in [0.15, 0.2) is 11.9 Å². The summed E-state index contributed by atoms with van der Waals surface area (Å²) in [5, 5.41) is 0. The molecular formula is C16H22ClNO6. The quantitative estimate of drug-likeness (QED) is 0.718. The van der Waals surface area contributed by atoms with E-state index in [1.54, 1.807) is 7.11 Å². The average molecular weight is 360 g/mol. The van der Waals surface area contributed by atoms with Crippen molar-refractivity contribution < 1.29 is 28.5 Å². The Hall–Kier alpha value is -1.99. The molecule has 1 aromatic carbocycles. The molecular weight excluding hydrogens is 338 g/mol. The highest BCUT2D eigenvalue weighted by Gasteiger charge is 2.30. The Labute approximate surface area is 147 Å². The van der Waals surface area contributed by atoms with Gasteiger partial charge in [0.25, 0.3) is 0 Å². The van der Waals surface area contributed by atoms with Gasteiger partial charge < -0.3 is 18.9 Å². The van der Waals surface area contributed by atoms with Crippen LogP contribution in [0.25, 0.3) is 0 Å². The molecule has 2 rings (SSSR count). The molecule has 1 aliphatic heterocycles. The molecule has 24 heavy (non-hydrogen) atoms. The van der Waals surface area contributed by atoms with Crippen molar-refractivity contribution in [3.05, 3.63) is 24.3 Å². The number of Topliss-reactive ketones (excluding diaryl/α,β-unsaturated/α-hetero) is 1. The molecule has 134 valence electrons. The first kappa shape index (κ1) is 20.1. The van der Waals surface area contributed by atoms with Gasteiger partial charge in [-0.1, -0.05) is 0 Å². The fourth-order valence-corrected chi connectivity index (χ4v) is 2.29. The van der Waals surface area contributed by atoms with Crippen LogP contribution in [-0.2, 0) is 14.3 Å². The van der Waals surface area contributed by atoms with Gasteiger partial charge in [-0.25, -0.2) is 4.79 Å². The first-order valence-corrected chi connectivity index (χ1v) is 7.39. The molecule has 0 amide bonds. The highest BCUT2D eigenvalue weighted by molar-refractivity contribution is 5.86. The maximum absolute atomic E-state index is 11.7. The van der Waals surface area contributed by atoms with Crippen LogP contribution in [0.5, 0.6) is 11.5 Å². The van der Waals surface area contributed by atoms with Crippen LogP contribution in [0.3, 0.4) is 0 Å². The number of rotatable bonds is 6. The van der Waals surface area contributed by atoms with Gasteiger partial charge >= 0.3 is 6.16 Å². The van der Waals surface area contributed by atoms with Crippen LogP contribution in [-0.4, -0.2) is 63.4 Å². The number of carbonyl (C=O) groups is 2. The number of ketones is 1. The topological polar surface area (TPSA) is 74.3 Å². The number of likely N-dealkylation sites (tertiary alicyclic amines) is 1. The number of piperidine rings is 1. The van der Waals surface area contributed by atoms with Gasteiger partial charge in [0.05, 0.1) is 14.2 Å². The van der Waals surface area contributed by atoms with Crippen molar-refractivity contribution in [2.45, 2.75) is 12.5 Å². The lowest BCUT2D eigenvalue weighted by atomic mass is 10.1. The van der Waals surface area contributed by atoms with Gasteiger partial charge in [-0.15, -0.1) is 12.4 Å². The zero-order chi connectivity index (χ0) is 16.7. The molecule has 8 heteroatoms. The highest BCUT2D eigenvalue weighted by Crippen LogP contribution is 2.17. The minimum absolute atomic E-state index is 0. The first-order valence-electron chi connectivity index (χ1n) is 7.39. The Morgan fingerprint density at radius 1 is 1.21 bits per heavy atom. The summed E-state index contributed by atoms with van der Waals surface area (Å²) in [6.45, 7) is 2.11. The van der Waals surface area contributed by atoms with Gasteiger partial charge in [0.1, 0.15) is 18.1 Å². The molecule has 1 aromatic rings. The summed E-state index contributed by atoms with van der Waals surface area (Å²) in [7, 11) is 2.83. The predicted octanol–water partition coefficient (Wildman–Crippen LogP) is 1.92. The molecule has 0 saturated carbocycles. The lowest BCUT2D eigenvalue weighted by Crippen LogP contribution is -2.47. The van der Waals surface area contributed by atoms with E-state index >= 15 is 0 Å². The third-order valence-corrected chi connectivity index (χ3v) is 3.60. The summed E-state index contributed by atoms with van der Waals surface area (Å²) in [5.74, 6) is 1.44. The molecule has 0 spiro atoms. The number of methoxy groups -OCH3 is 2. The van der Waals surface area contributed by atoms with E-state index in [2.05, 4.69) is 4.74 Å². The molecule has 0 aliphatic carbocycles. The van der Waals surface area contributed by atoms with E-state index in [4.69, 9.17) is 14.2 Å². The van der Waals surface area contributed by atoms with E-state index in [1.165, 1.54) is 7.11 Å². The fraction of sp³-hybridized carbons (Fsp3) is 0.500. The minimum Gasteiger partial charge on any atom is -0.497 e. The zero-order valence-electron chi connectivity index (χ0n) is 13.7. The fourth-order valence-electron chi connectivity index (χ4n) is 2.29. The molecule has 0 N–H and O–H groups in total. The van der Waals surface area contributed by atoms with Gasteiger partial charge in [0, 0.05) is 26.1 Å². The maximum atomic E-state index is 11.7. The Morgan fingerprint density at radius 3 is 2.50 bits per heavy atom. The smallest absolute Gasteiger partial charge is 0.497 e. The average Bonchev–Trinajstić information content (AvgIpc) is 2.58. The summed E-state index contributed by atoms with van der Waals surface area (Å²) in [6.07, 6.45) is -1.25. The van der Waals surface area contributed by atoms with E-state index in [0.29, 0.717) is 32.7 Å². The number of ether oxygens (including phenoxy) is 4. The number of carbonyl (C=O) groups excluding carboxylic acids is 2. The number of halogens is 1. The molecule has 1 aliphatic rings. The number of benzene rings is 1. The maximum Gasteiger partial charge on any atom is 0.508 e. The van der Waals surface area contributed by atoms with Gasteiger partial charge in [0.2, 0.25) is 0 Å². The molecule has 1 saturated heterocycles. The SMILES string of the molecule is COC(=O)OC1CN(CCOc2ccc(OC)cc2)CCC1=O.Cl. The largest absolute Gasteiger partial charge is 0.508 e. The minimum atomic E-state index is -0.834. The van der Waals surface area contributed by atoms with Crippen molar-refractivity contribution in [3.8, 4) is 11.5 Å². The van der Waals surface area contributed by atoms with Crippen molar-refractivity contribution in [1.82, 2.24) is 4.90 Å². The normalized spacial score (nSPS) is 17.6. The van der Waals surface area contributed by atoms with E-state index < -0.39 is 12.3 Å². The lowest BCUT2D eigenvalue weighted by molar-refractivity contribution is -0.133. The van der Waals surface area contributed by atoms with Crippen LogP contribution < -0.4 is 9.47 Å². The molecule has 1 heterocycles. The van der Waals surface area contributed by atoms with E-state index in [-0.39, 0.29) is 18.2 Å². The summed E-state index contributed by atoms with van der Waals surface area (Å²) in [5.41, 5.74) is 0. The van der Waals surface area contributed by atoms with E-state index in [0.717, 1.165) is 11.5 Å². The number of hydrogen-bond donors (Lipinski definition) is 0. The second kappa shape index (κ2) is 10.00. The molecule has 0 radical (unpaired) electrons. The molecule has 1 fully saturated rings.